The van der Waals surface area contributed by atoms with Crippen LogP contribution in [0.3, 0.4) is 0 Å². The zero-order valence-electron chi connectivity index (χ0n) is 16.0. The third-order valence-corrected chi connectivity index (χ3v) is 4.61. The summed E-state index contributed by atoms with van der Waals surface area (Å²) in [4.78, 5) is 28.0. The summed E-state index contributed by atoms with van der Waals surface area (Å²) in [5, 5.41) is 1.68. The Morgan fingerprint density at radius 1 is 1.23 bits per heavy atom. The molecule has 10 heteroatoms. The number of ether oxygens (including phenoxy) is 1. The number of carbonyl (C=O) groups excluding carboxylic acids is 2. The van der Waals surface area contributed by atoms with Crippen molar-refractivity contribution in [2.45, 2.75) is 19.5 Å². The number of dihydropyridines is 1. The third kappa shape index (κ3) is 5.29. The molecule has 5 nitrogen and oxygen atoms in total. The Kier molecular flexibility index (Phi) is 6.45. The van der Waals surface area contributed by atoms with E-state index in [4.69, 9.17) is 16.3 Å². The van der Waals surface area contributed by atoms with Crippen molar-refractivity contribution in [1.82, 2.24) is 5.32 Å². The number of rotatable bonds is 5. The number of allylic oxidation sites excluding steroid dienone is 1. The van der Waals surface area contributed by atoms with Crippen LogP contribution >= 0.6 is 11.6 Å². The number of aryl methyl sites for hydroxylation is 1. The molecule has 0 atom stereocenters. The van der Waals surface area contributed by atoms with Crippen LogP contribution in [-0.4, -0.2) is 24.4 Å². The predicted molar refractivity (Wildman–Crippen MR) is 106 cm³/mol. The first-order valence-electron chi connectivity index (χ1n) is 9.01. The summed E-state index contributed by atoms with van der Waals surface area (Å²) < 4.78 is 59.2. The Hall–Kier alpha value is -3.20. The molecule has 2 aromatic carbocycles. The molecule has 0 bridgehead atoms. The van der Waals surface area contributed by atoms with Gasteiger partial charge in [0.15, 0.2) is 5.78 Å². The number of ketones is 1. The van der Waals surface area contributed by atoms with Crippen molar-refractivity contribution in [2.75, 3.05) is 6.54 Å². The molecule has 31 heavy (non-hydrogen) atoms. The zero-order chi connectivity index (χ0) is 22.8. The summed E-state index contributed by atoms with van der Waals surface area (Å²) in [5.41, 5.74) is -1.05. The van der Waals surface area contributed by atoms with Crippen molar-refractivity contribution >= 4 is 29.5 Å². The molecule has 0 spiro atoms. The molecule has 0 saturated carbocycles. The SMILES string of the molecule is CCc1cc(F)ccc1Oc1cc(C(F)(F)F)c(Cl)cc1C(=O)NC1=CC(=O)CN=C1. The van der Waals surface area contributed by atoms with Crippen molar-refractivity contribution in [3.8, 4) is 11.5 Å². The lowest BCUT2D eigenvalue weighted by molar-refractivity contribution is -0.137. The van der Waals surface area contributed by atoms with Crippen LogP contribution < -0.4 is 10.1 Å². The third-order valence-electron chi connectivity index (χ3n) is 4.29. The summed E-state index contributed by atoms with van der Waals surface area (Å²) in [6.45, 7) is 1.65. The van der Waals surface area contributed by atoms with Crippen LogP contribution in [0.5, 0.6) is 11.5 Å². The number of amides is 1. The molecule has 0 fully saturated rings. The minimum absolute atomic E-state index is 0.0653. The Morgan fingerprint density at radius 2 is 1.97 bits per heavy atom. The van der Waals surface area contributed by atoms with Gasteiger partial charge < -0.3 is 10.1 Å². The Labute approximate surface area is 179 Å². The fraction of sp³-hybridized carbons (Fsp3) is 0.190. The molecule has 0 unspecified atom stereocenters. The fourth-order valence-electron chi connectivity index (χ4n) is 2.83. The first-order chi connectivity index (χ1) is 14.6. The number of hydrogen-bond donors (Lipinski definition) is 1. The highest BCUT2D eigenvalue weighted by molar-refractivity contribution is 6.32. The van der Waals surface area contributed by atoms with Gasteiger partial charge in [-0.25, -0.2) is 4.39 Å². The molecule has 0 aliphatic carbocycles. The topological polar surface area (TPSA) is 67.8 Å². The van der Waals surface area contributed by atoms with Gasteiger partial charge in [0, 0.05) is 12.3 Å². The molecule has 162 valence electrons. The molecule has 0 radical (unpaired) electrons. The van der Waals surface area contributed by atoms with Crippen molar-refractivity contribution < 1.29 is 31.9 Å². The quantitative estimate of drug-likeness (QED) is 0.638. The van der Waals surface area contributed by atoms with Gasteiger partial charge in [0.1, 0.15) is 23.9 Å². The maximum absolute atomic E-state index is 13.5. The largest absolute Gasteiger partial charge is 0.456 e. The van der Waals surface area contributed by atoms with E-state index in [1.54, 1.807) is 6.92 Å². The summed E-state index contributed by atoms with van der Waals surface area (Å²) >= 11 is 5.78. The number of nitrogens with one attached hydrogen (secondary N) is 1. The van der Waals surface area contributed by atoms with Crippen LogP contribution in [0.2, 0.25) is 5.02 Å². The van der Waals surface area contributed by atoms with Crippen LogP contribution in [0.1, 0.15) is 28.4 Å². The number of carbonyl (C=O) groups is 2. The monoisotopic (exact) mass is 454 g/mol. The highest BCUT2D eigenvalue weighted by Crippen LogP contribution is 2.40. The normalized spacial score (nSPS) is 13.7. The van der Waals surface area contributed by atoms with Crippen LogP contribution in [-0.2, 0) is 17.4 Å². The van der Waals surface area contributed by atoms with Gasteiger partial charge in [0.25, 0.3) is 5.91 Å². The first kappa shape index (κ1) is 22.5. The van der Waals surface area contributed by atoms with E-state index >= 15 is 0 Å². The van der Waals surface area contributed by atoms with Crippen molar-refractivity contribution in [3.63, 3.8) is 0 Å². The standard InChI is InChI=1S/C21H15ClF4N2O3/c1-2-11-5-12(23)3-4-18(11)31-19-8-16(21(24,25)26)17(22)7-15(19)20(30)28-13-6-14(29)10-27-9-13/h3-9H,2,10H2,1H3,(H,28,30). The van der Waals surface area contributed by atoms with E-state index < -0.39 is 34.2 Å². The summed E-state index contributed by atoms with van der Waals surface area (Å²) in [6.07, 6.45) is -2.07. The van der Waals surface area contributed by atoms with Crippen molar-refractivity contribution in [2.24, 2.45) is 4.99 Å². The van der Waals surface area contributed by atoms with Gasteiger partial charge in [-0.2, -0.15) is 13.2 Å². The van der Waals surface area contributed by atoms with Gasteiger partial charge in [-0.05, 0) is 42.3 Å². The molecule has 0 saturated heterocycles. The van der Waals surface area contributed by atoms with E-state index in [1.165, 1.54) is 18.3 Å². The lowest BCUT2D eigenvalue weighted by Crippen LogP contribution is -2.27. The van der Waals surface area contributed by atoms with Crippen LogP contribution in [0.4, 0.5) is 17.6 Å². The summed E-state index contributed by atoms with van der Waals surface area (Å²) in [6, 6.07) is 4.96. The maximum Gasteiger partial charge on any atom is 0.417 e. The number of hydrogen-bond acceptors (Lipinski definition) is 4. The number of aliphatic imine (C=N–C) groups is 1. The molecule has 1 aliphatic rings. The molecule has 1 aliphatic heterocycles. The van der Waals surface area contributed by atoms with Crippen molar-refractivity contribution in [3.05, 3.63) is 69.6 Å². The fourth-order valence-corrected chi connectivity index (χ4v) is 3.10. The van der Waals surface area contributed by atoms with E-state index in [-0.39, 0.29) is 29.3 Å². The van der Waals surface area contributed by atoms with Crippen molar-refractivity contribution in [1.29, 1.82) is 0 Å². The van der Waals surface area contributed by atoms with Gasteiger partial charge in [-0.1, -0.05) is 18.5 Å². The smallest absolute Gasteiger partial charge is 0.417 e. The number of alkyl halides is 3. The number of nitrogens with zero attached hydrogens (tertiary/aromatic N) is 1. The molecule has 3 rings (SSSR count). The first-order valence-corrected chi connectivity index (χ1v) is 9.39. The minimum atomic E-state index is -4.80. The van der Waals surface area contributed by atoms with E-state index in [1.807, 2.05) is 0 Å². The van der Waals surface area contributed by atoms with Crippen LogP contribution in [0.15, 0.2) is 47.1 Å². The average Bonchev–Trinajstić information content (AvgIpc) is 2.69. The van der Waals surface area contributed by atoms with E-state index in [9.17, 15) is 27.2 Å². The van der Waals surface area contributed by atoms with Gasteiger partial charge in [0.2, 0.25) is 0 Å². The lowest BCUT2D eigenvalue weighted by atomic mass is 10.1. The number of halogens is 5. The summed E-state index contributed by atoms with van der Waals surface area (Å²) in [5.74, 6) is -2.10. The highest BCUT2D eigenvalue weighted by Gasteiger charge is 2.35. The van der Waals surface area contributed by atoms with E-state index in [0.29, 0.717) is 18.1 Å². The molecule has 1 amide bonds. The number of benzene rings is 2. The van der Waals surface area contributed by atoms with Gasteiger partial charge in [-0.3, -0.25) is 14.6 Å². The van der Waals surface area contributed by atoms with Crippen LogP contribution in [0, 0.1) is 5.82 Å². The van der Waals surface area contributed by atoms with E-state index in [0.717, 1.165) is 18.2 Å². The molecule has 1 heterocycles. The van der Waals surface area contributed by atoms with E-state index in [2.05, 4.69) is 10.3 Å². The van der Waals surface area contributed by atoms with Gasteiger partial charge in [-0.15, -0.1) is 0 Å². The molecule has 0 aromatic heterocycles. The van der Waals surface area contributed by atoms with Gasteiger partial charge >= 0.3 is 6.18 Å². The second kappa shape index (κ2) is 8.89. The Bertz CT molecular complexity index is 1110. The van der Waals surface area contributed by atoms with Gasteiger partial charge in [0.05, 0.1) is 21.8 Å². The zero-order valence-corrected chi connectivity index (χ0v) is 16.8. The Morgan fingerprint density at radius 3 is 2.61 bits per heavy atom. The maximum atomic E-state index is 13.5. The summed E-state index contributed by atoms with van der Waals surface area (Å²) in [7, 11) is 0. The average molecular weight is 455 g/mol. The molecule has 2 aromatic rings. The lowest BCUT2D eigenvalue weighted by Gasteiger charge is -2.18. The molecule has 1 N–H and O–H groups in total. The second-order valence-corrected chi connectivity index (χ2v) is 6.93. The predicted octanol–water partition coefficient (Wildman–Crippen LogP) is 5.12. The molecular weight excluding hydrogens is 440 g/mol. The second-order valence-electron chi connectivity index (χ2n) is 6.52. The Balaban J connectivity index is 2.06. The highest BCUT2D eigenvalue weighted by atomic mass is 35.5. The molecular formula is C21H15ClF4N2O3. The van der Waals surface area contributed by atoms with Crippen LogP contribution in [0.25, 0.3) is 0 Å². The minimum Gasteiger partial charge on any atom is -0.456 e.